The summed E-state index contributed by atoms with van der Waals surface area (Å²) in [6.07, 6.45) is 1.63. The maximum Gasteiger partial charge on any atom is 0.283 e. The fourth-order valence-electron chi connectivity index (χ4n) is 2.93. The van der Waals surface area contributed by atoms with Gasteiger partial charge in [0.05, 0.1) is 31.7 Å². The number of thioether (sulfide) groups is 1. The lowest BCUT2D eigenvalue weighted by molar-refractivity contribution is -0.114. The van der Waals surface area contributed by atoms with Crippen LogP contribution >= 0.6 is 23.7 Å². The van der Waals surface area contributed by atoms with Crippen LogP contribution < -0.4 is 9.47 Å². The van der Waals surface area contributed by atoms with Crippen LogP contribution in [0.25, 0.3) is 6.08 Å². The molecule has 0 aliphatic carbocycles. The van der Waals surface area contributed by atoms with Gasteiger partial charge in [0.25, 0.3) is 5.91 Å². The van der Waals surface area contributed by atoms with Gasteiger partial charge in [-0.25, -0.2) is 4.90 Å². The predicted molar refractivity (Wildman–Crippen MR) is 122 cm³/mol. The molecule has 2 aromatic rings. The molecule has 30 heavy (non-hydrogen) atoms. The Balaban J connectivity index is 1.59. The van der Waals surface area contributed by atoms with E-state index in [2.05, 4.69) is 9.39 Å². The Kier molecular flexibility index (Phi) is 5.91. The summed E-state index contributed by atoms with van der Waals surface area (Å²) in [5.74, 6) is 1.44. The molecule has 0 saturated carbocycles. The van der Waals surface area contributed by atoms with E-state index in [-0.39, 0.29) is 11.4 Å². The largest absolute Gasteiger partial charge is 0.493 e. The van der Waals surface area contributed by atoms with Crippen molar-refractivity contribution in [2.75, 3.05) is 14.2 Å². The maximum absolute atomic E-state index is 12.6. The van der Waals surface area contributed by atoms with Crippen molar-refractivity contribution in [1.29, 1.82) is 5.41 Å². The highest BCUT2D eigenvalue weighted by atomic mass is 32.2. The van der Waals surface area contributed by atoms with Gasteiger partial charge >= 0.3 is 0 Å². The first-order valence-corrected chi connectivity index (χ1v) is 10.7. The number of amides is 1. The van der Waals surface area contributed by atoms with E-state index >= 15 is 0 Å². The van der Waals surface area contributed by atoms with Crippen LogP contribution in [0.2, 0.25) is 0 Å². The number of fused-ring (bicyclic) bond motifs is 1. The summed E-state index contributed by atoms with van der Waals surface area (Å²) in [6.45, 7) is 0. The minimum absolute atomic E-state index is 0.0593. The van der Waals surface area contributed by atoms with Gasteiger partial charge in [0, 0.05) is 5.75 Å². The van der Waals surface area contributed by atoms with E-state index in [1.165, 1.54) is 11.8 Å². The first-order chi connectivity index (χ1) is 14.6. The SMILES string of the molecule is COc1ccc(C=C2C(=N)N3C(SCc4ccccc4)=NSC3=NC2=O)cc1OC. The normalized spacial score (nSPS) is 17.0. The van der Waals surface area contributed by atoms with Crippen LogP contribution in [0, 0.1) is 5.41 Å². The zero-order valence-electron chi connectivity index (χ0n) is 16.3. The highest BCUT2D eigenvalue weighted by Crippen LogP contribution is 2.34. The number of amidine groups is 3. The van der Waals surface area contributed by atoms with Gasteiger partial charge in [-0.15, -0.1) is 0 Å². The molecule has 0 radical (unpaired) electrons. The molecule has 4 rings (SSSR count). The summed E-state index contributed by atoms with van der Waals surface area (Å²) in [4.78, 5) is 18.3. The van der Waals surface area contributed by atoms with Crippen molar-refractivity contribution < 1.29 is 14.3 Å². The van der Waals surface area contributed by atoms with Crippen molar-refractivity contribution in [3.05, 3.63) is 65.2 Å². The molecule has 0 fully saturated rings. The van der Waals surface area contributed by atoms with Crippen LogP contribution in [-0.2, 0) is 10.5 Å². The first kappa shape index (κ1) is 20.2. The van der Waals surface area contributed by atoms with Crippen molar-refractivity contribution in [2.24, 2.45) is 9.39 Å². The van der Waals surface area contributed by atoms with E-state index in [4.69, 9.17) is 14.9 Å². The van der Waals surface area contributed by atoms with Crippen LogP contribution in [0.1, 0.15) is 11.1 Å². The van der Waals surface area contributed by atoms with Gasteiger partial charge in [0.1, 0.15) is 5.84 Å². The van der Waals surface area contributed by atoms with Gasteiger partial charge in [-0.05, 0) is 29.3 Å². The number of hydrogen-bond donors (Lipinski definition) is 1. The molecule has 0 bridgehead atoms. The summed E-state index contributed by atoms with van der Waals surface area (Å²) in [5, 5.41) is 9.68. The van der Waals surface area contributed by atoms with Crippen molar-refractivity contribution in [3.63, 3.8) is 0 Å². The van der Waals surface area contributed by atoms with Crippen molar-refractivity contribution in [1.82, 2.24) is 4.90 Å². The second-order valence-corrected chi connectivity index (χ2v) is 7.97. The topological polar surface area (TPSA) is 87.3 Å². The summed E-state index contributed by atoms with van der Waals surface area (Å²) >= 11 is 2.62. The lowest BCUT2D eigenvalue weighted by Gasteiger charge is -2.24. The molecule has 2 aliphatic rings. The molecule has 1 amide bonds. The van der Waals surface area contributed by atoms with Crippen LogP contribution in [0.5, 0.6) is 11.5 Å². The molecule has 0 saturated heterocycles. The third-order valence-electron chi connectivity index (χ3n) is 4.42. The standard InChI is InChI=1S/C21H18N4O3S2/c1-27-16-9-8-14(11-17(16)28-2)10-15-18(22)25-20(23-19(15)26)30-24-21(25)29-12-13-6-4-3-5-7-13/h3-11,22H,12H2,1-2H3. The third kappa shape index (κ3) is 3.99. The molecule has 152 valence electrons. The van der Waals surface area contributed by atoms with E-state index in [0.29, 0.717) is 33.2 Å². The molecule has 2 aromatic carbocycles. The molecule has 2 aliphatic heterocycles. The number of methoxy groups -OCH3 is 2. The number of carbonyl (C=O) groups excluding carboxylic acids is 1. The van der Waals surface area contributed by atoms with E-state index in [1.54, 1.807) is 43.4 Å². The fourth-order valence-corrected chi connectivity index (χ4v) is 4.73. The number of benzene rings is 2. The summed E-state index contributed by atoms with van der Waals surface area (Å²) in [6, 6.07) is 15.3. The Labute approximate surface area is 182 Å². The van der Waals surface area contributed by atoms with Crippen molar-refractivity contribution >= 4 is 51.9 Å². The maximum atomic E-state index is 12.6. The molecular weight excluding hydrogens is 420 g/mol. The molecule has 1 N–H and O–H groups in total. The molecule has 7 nitrogen and oxygen atoms in total. The minimum atomic E-state index is -0.460. The smallest absolute Gasteiger partial charge is 0.283 e. The van der Waals surface area contributed by atoms with Crippen LogP contribution in [0.15, 0.2) is 63.5 Å². The minimum Gasteiger partial charge on any atom is -0.493 e. The fraction of sp³-hybridized carbons (Fsp3) is 0.143. The zero-order valence-corrected chi connectivity index (χ0v) is 17.9. The number of nitrogens with zero attached hydrogens (tertiary/aromatic N) is 3. The Hall–Kier alpha value is -3.04. The summed E-state index contributed by atoms with van der Waals surface area (Å²) < 4.78 is 15.0. The molecule has 2 heterocycles. The second-order valence-electron chi connectivity index (χ2n) is 6.30. The highest BCUT2D eigenvalue weighted by molar-refractivity contribution is 8.18. The number of nitrogens with one attached hydrogen (secondary N) is 1. The van der Waals surface area contributed by atoms with Gasteiger partial charge in [0.2, 0.25) is 5.17 Å². The molecule has 9 heteroatoms. The molecule has 0 unspecified atom stereocenters. The predicted octanol–water partition coefficient (Wildman–Crippen LogP) is 4.21. The molecular formula is C21H18N4O3S2. The van der Waals surface area contributed by atoms with Gasteiger partial charge in [-0.1, -0.05) is 48.2 Å². The van der Waals surface area contributed by atoms with Crippen molar-refractivity contribution in [3.8, 4) is 11.5 Å². The molecule has 0 aromatic heterocycles. The number of rotatable bonds is 5. The summed E-state index contributed by atoms with van der Waals surface area (Å²) in [5.41, 5.74) is 2.06. The van der Waals surface area contributed by atoms with Gasteiger partial charge < -0.3 is 9.47 Å². The van der Waals surface area contributed by atoms with Gasteiger partial charge in [-0.3, -0.25) is 10.2 Å². The molecule has 0 atom stereocenters. The van der Waals surface area contributed by atoms with Crippen molar-refractivity contribution in [2.45, 2.75) is 5.75 Å². The monoisotopic (exact) mass is 438 g/mol. The third-order valence-corrected chi connectivity index (χ3v) is 6.25. The number of ether oxygens (including phenoxy) is 2. The number of carbonyl (C=O) groups is 1. The first-order valence-electron chi connectivity index (χ1n) is 8.98. The lowest BCUT2D eigenvalue weighted by Crippen LogP contribution is -2.41. The van der Waals surface area contributed by atoms with E-state index in [1.807, 2.05) is 30.3 Å². The van der Waals surface area contributed by atoms with Gasteiger partial charge in [0.15, 0.2) is 16.7 Å². The van der Waals surface area contributed by atoms with Crippen LogP contribution in [-0.4, -0.2) is 41.2 Å². The number of aliphatic imine (C=N–C) groups is 1. The average Bonchev–Trinajstić information content (AvgIpc) is 3.18. The molecule has 0 spiro atoms. The van der Waals surface area contributed by atoms with E-state index in [0.717, 1.165) is 17.5 Å². The Bertz CT molecular complexity index is 1100. The van der Waals surface area contributed by atoms with Crippen LogP contribution in [0.3, 0.4) is 0 Å². The second kappa shape index (κ2) is 8.76. The zero-order chi connectivity index (χ0) is 21.1. The Morgan fingerprint density at radius 1 is 1.13 bits per heavy atom. The van der Waals surface area contributed by atoms with E-state index in [9.17, 15) is 4.79 Å². The Morgan fingerprint density at radius 3 is 2.63 bits per heavy atom. The highest BCUT2D eigenvalue weighted by Gasteiger charge is 2.37. The lowest BCUT2D eigenvalue weighted by atomic mass is 10.1. The summed E-state index contributed by atoms with van der Waals surface area (Å²) in [7, 11) is 3.11. The Morgan fingerprint density at radius 2 is 1.90 bits per heavy atom. The quantitative estimate of drug-likeness (QED) is 0.556. The van der Waals surface area contributed by atoms with Gasteiger partial charge in [-0.2, -0.15) is 9.39 Å². The van der Waals surface area contributed by atoms with E-state index < -0.39 is 5.91 Å². The number of hydrogen-bond acceptors (Lipinski definition) is 7. The average molecular weight is 439 g/mol. The van der Waals surface area contributed by atoms with Crippen LogP contribution in [0.4, 0.5) is 0 Å².